The largest absolute Gasteiger partial charge is 0.350 e. The van der Waals surface area contributed by atoms with Crippen molar-refractivity contribution >= 4 is 11.7 Å². The lowest BCUT2D eigenvalue weighted by molar-refractivity contribution is -0.124. The van der Waals surface area contributed by atoms with Crippen molar-refractivity contribution in [2.45, 2.75) is 58.5 Å². The third-order valence-corrected chi connectivity index (χ3v) is 3.36. The van der Waals surface area contributed by atoms with E-state index >= 15 is 0 Å². The van der Waals surface area contributed by atoms with Crippen molar-refractivity contribution in [2.75, 3.05) is 11.4 Å². The SMILES string of the molecule is Cc1nccc(N2CCCC[C@H]2C(=O)NC(C)(C)C)n1. The molecule has 110 valence electrons. The maximum absolute atomic E-state index is 12.5. The Morgan fingerprint density at radius 2 is 2.15 bits per heavy atom. The molecular weight excluding hydrogens is 252 g/mol. The molecule has 1 amide bonds. The zero-order chi connectivity index (χ0) is 14.8. The van der Waals surface area contributed by atoms with E-state index in [1.54, 1.807) is 6.20 Å². The Morgan fingerprint density at radius 1 is 1.40 bits per heavy atom. The van der Waals surface area contributed by atoms with Gasteiger partial charge in [0.05, 0.1) is 0 Å². The second-order valence-electron chi connectivity index (χ2n) is 6.41. The van der Waals surface area contributed by atoms with E-state index in [1.807, 2.05) is 33.8 Å². The molecule has 0 radical (unpaired) electrons. The minimum Gasteiger partial charge on any atom is -0.350 e. The average molecular weight is 276 g/mol. The van der Waals surface area contributed by atoms with Crippen molar-refractivity contribution < 1.29 is 4.79 Å². The van der Waals surface area contributed by atoms with Crippen LogP contribution in [0.4, 0.5) is 5.82 Å². The van der Waals surface area contributed by atoms with Gasteiger partial charge >= 0.3 is 0 Å². The molecule has 5 heteroatoms. The summed E-state index contributed by atoms with van der Waals surface area (Å²) in [4.78, 5) is 23.2. The van der Waals surface area contributed by atoms with Gasteiger partial charge < -0.3 is 10.2 Å². The van der Waals surface area contributed by atoms with Gasteiger partial charge in [-0.25, -0.2) is 9.97 Å². The topological polar surface area (TPSA) is 58.1 Å². The fourth-order valence-electron chi connectivity index (χ4n) is 2.53. The van der Waals surface area contributed by atoms with E-state index in [1.165, 1.54) is 0 Å². The molecule has 0 aliphatic carbocycles. The van der Waals surface area contributed by atoms with Gasteiger partial charge in [-0.3, -0.25) is 4.79 Å². The Labute approximate surface area is 120 Å². The molecule has 1 fully saturated rings. The van der Waals surface area contributed by atoms with Gasteiger partial charge in [0.25, 0.3) is 0 Å². The molecule has 5 nitrogen and oxygen atoms in total. The number of hydrogen-bond donors (Lipinski definition) is 1. The molecule has 0 bridgehead atoms. The Hall–Kier alpha value is -1.65. The number of piperidine rings is 1. The molecule has 0 spiro atoms. The van der Waals surface area contributed by atoms with Crippen molar-refractivity contribution in [1.82, 2.24) is 15.3 Å². The molecule has 0 saturated carbocycles. The van der Waals surface area contributed by atoms with Crippen LogP contribution in [0.25, 0.3) is 0 Å². The summed E-state index contributed by atoms with van der Waals surface area (Å²) in [7, 11) is 0. The molecule has 2 rings (SSSR count). The average Bonchev–Trinajstić information content (AvgIpc) is 2.37. The van der Waals surface area contributed by atoms with Gasteiger partial charge in [0, 0.05) is 18.3 Å². The highest BCUT2D eigenvalue weighted by atomic mass is 16.2. The van der Waals surface area contributed by atoms with Crippen LogP contribution in [0.5, 0.6) is 0 Å². The lowest BCUT2D eigenvalue weighted by Crippen LogP contribution is -2.54. The lowest BCUT2D eigenvalue weighted by Gasteiger charge is -2.37. The number of amides is 1. The van der Waals surface area contributed by atoms with Crippen LogP contribution in [0.3, 0.4) is 0 Å². The van der Waals surface area contributed by atoms with E-state index in [2.05, 4.69) is 20.2 Å². The van der Waals surface area contributed by atoms with Crippen LogP contribution in [-0.4, -0.2) is 34.0 Å². The summed E-state index contributed by atoms with van der Waals surface area (Å²) in [5.74, 6) is 1.68. The molecular formula is C15H24N4O. The highest BCUT2D eigenvalue weighted by Crippen LogP contribution is 2.23. The number of aromatic nitrogens is 2. The summed E-state index contributed by atoms with van der Waals surface area (Å²) in [5, 5.41) is 3.08. The minimum absolute atomic E-state index is 0.0912. The van der Waals surface area contributed by atoms with E-state index in [9.17, 15) is 4.79 Å². The second kappa shape index (κ2) is 5.77. The summed E-state index contributed by atoms with van der Waals surface area (Å²) in [5.41, 5.74) is -0.207. The fraction of sp³-hybridized carbons (Fsp3) is 0.667. The Kier molecular flexibility index (Phi) is 4.26. The van der Waals surface area contributed by atoms with Crippen molar-refractivity contribution in [2.24, 2.45) is 0 Å². The zero-order valence-electron chi connectivity index (χ0n) is 12.8. The molecule has 1 aliphatic heterocycles. The van der Waals surface area contributed by atoms with Crippen LogP contribution in [0, 0.1) is 6.92 Å². The third-order valence-electron chi connectivity index (χ3n) is 3.36. The van der Waals surface area contributed by atoms with Crippen LogP contribution >= 0.6 is 0 Å². The summed E-state index contributed by atoms with van der Waals surface area (Å²) in [6, 6.07) is 1.76. The number of carbonyl (C=O) groups is 1. The van der Waals surface area contributed by atoms with Gasteiger partial charge in [-0.05, 0) is 53.0 Å². The van der Waals surface area contributed by atoms with E-state index in [0.717, 1.165) is 37.4 Å². The van der Waals surface area contributed by atoms with Crippen LogP contribution in [0.15, 0.2) is 12.3 Å². The predicted octanol–water partition coefficient (Wildman–Crippen LogP) is 2.06. The van der Waals surface area contributed by atoms with Crippen LogP contribution in [0.2, 0.25) is 0 Å². The zero-order valence-corrected chi connectivity index (χ0v) is 12.8. The first-order valence-corrected chi connectivity index (χ1v) is 7.25. The number of nitrogens with one attached hydrogen (secondary N) is 1. The standard InChI is InChI=1S/C15H24N4O/c1-11-16-9-8-13(17-11)19-10-6-5-7-12(19)14(20)18-15(2,3)4/h8-9,12H,5-7,10H2,1-4H3,(H,18,20)/t12-/m0/s1. The molecule has 20 heavy (non-hydrogen) atoms. The molecule has 1 saturated heterocycles. The minimum atomic E-state index is -0.207. The molecule has 0 aromatic carbocycles. The molecule has 0 unspecified atom stereocenters. The molecule has 2 heterocycles. The molecule has 1 atom stereocenters. The van der Waals surface area contributed by atoms with Gasteiger partial charge in [-0.2, -0.15) is 0 Å². The van der Waals surface area contributed by atoms with E-state index < -0.39 is 0 Å². The van der Waals surface area contributed by atoms with Gasteiger partial charge in [0.1, 0.15) is 17.7 Å². The molecule has 1 aromatic rings. The Balaban J connectivity index is 2.19. The summed E-state index contributed by atoms with van der Waals surface area (Å²) < 4.78 is 0. The maximum atomic E-state index is 12.5. The van der Waals surface area contributed by atoms with Gasteiger partial charge in [-0.1, -0.05) is 0 Å². The number of nitrogens with zero attached hydrogens (tertiary/aromatic N) is 3. The Bertz CT molecular complexity index is 481. The van der Waals surface area contributed by atoms with Crippen LogP contribution < -0.4 is 10.2 Å². The molecule has 1 aliphatic rings. The van der Waals surface area contributed by atoms with Crippen molar-refractivity contribution in [3.8, 4) is 0 Å². The smallest absolute Gasteiger partial charge is 0.243 e. The third kappa shape index (κ3) is 3.68. The predicted molar refractivity (Wildman–Crippen MR) is 79.6 cm³/mol. The van der Waals surface area contributed by atoms with E-state index in [4.69, 9.17) is 0 Å². The first-order valence-electron chi connectivity index (χ1n) is 7.25. The van der Waals surface area contributed by atoms with Crippen molar-refractivity contribution in [3.05, 3.63) is 18.1 Å². The highest BCUT2D eigenvalue weighted by Gasteiger charge is 2.31. The highest BCUT2D eigenvalue weighted by molar-refractivity contribution is 5.85. The van der Waals surface area contributed by atoms with Gasteiger partial charge in [0.15, 0.2) is 0 Å². The maximum Gasteiger partial charge on any atom is 0.243 e. The fourth-order valence-corrected chi connectivity index (χ4v) is 2.53. The van der Waals surface area contributed by atoms with E-state index in [0.29, 0.717) is 0 Å². The first kappa shape index (κ1) is 14.8. The number of anilines is 1. The van der Waals surface area contributed by atoms with Crippen molar-refractivity contribution in [3.63, 3.8) is 0 Å². The van der Waals surface area contributed by atoms with E-state index in [-0.39, 0.29) is 17.5 Å². The van der Waals surface area contributed by atoms with Crippen LogP contribution in [-0.2, 0) is 4.79 Å². The summed E-state index contributed by atoms with van der Waals surface area (Å²) in [6.07, 6.45) is 4.82. The van der Waals surface area contributed by atoms with Gasteiger partial charge in [0.2, 0.25) is 5.91 Å². The van der Waals surface area contributed by atoms with Gasteiger partial charge in [-0.15, -0.1) is 0 Å². The number of carbonyl (C=O) groups excluding carboxylic acids is 1. The summed E-state index contributed by atoms with van der Waals surface area (Å²) in [6.45, 7) is 8.77. The quantitative estimate of drug-likeness (QED) is 0.898. The first-order chi connectivity index (χ1) is 9.37. The van der Waals surface area contributed by atoms with Crippen molar-refractivity contribution in [1.29, 1.82) is 0 Å². The number of rotatable bonds is 2. The monoisotopic (exact) mass is 276 g/mol. The summed E-state index contributed by atoms with van der Waals surface area (Å²) >= 11 is 0. The lowest BCUT2D eigenvalue weighted by atomic mass is 9.99. The normalized spacial score (nSPS) is 19.8. The molecule has 1 aromatic heterocycles. The molecule has 1 N–H and O–H groups in total. The number of aryl methyl sites for hydroxylation is 1. The van der Waals surface area contributed by atoms with Crippen LogP contribution in [0.1, 0.15) is 45.9 Å². The number of hydrogen-bond acceptors (Lipinski definition) is 4. The Morgan fingerprint density at radius 3 is 2.80 bits per heavy atom. The second-order valence-corrected chi connectivity index (χ2v) is 6.41.